The monoisotopic (exact) mass is 260 g/mol. The Hall–Kier alpha value is -0.160. The molecule has 0 aliphatic carbocycles. The van der Waals surface area contributed by atoms with E-state index in [4.69, 9.17) is 11.6 Å². The predicted octanol–water partition coefficient (Wildman–Crippen LogP) is 1.88. The maximum atomic E-state index is 9.20. The first-order valence-corrected chi connectivity index (χ1v) is 7.09. The second-order valence-electron chi connectivity index (χ2n) is 4.13. The zero-order valence-electron chi connectivity index (χ0n) is 9.23. The van der Waals surface area contributed by atoms with E-state index in [0.29, 0.717) is 11.9 Å². The number of thiazole rings is 1. The van der Waals surface area contributed by atoms with Crippen LogP contribution in [0.2, 0.25) is 0 Å². The van der Waals surface area contributed by atoms with Crippen molar-refractivity contribution >= 4 is 22.9 Å². The van der Waals surface area contributed by atoms with Crippen molar-refractivity contribution < 1.29 is 5.11 Å². The van der Waals surface area contributed by atoms with Gasteiger partial charge < -0.3 is 5.11 Å². The van der Waals surface area contributed by atoms with E-state index in [9.17, 15) is 5.11 Å². The molecule has 1 fully saturated rings. The number of hydrogen-bond acceptors (Lipinski definition) is 4. The van der Waals surface area contributed by atoms with Gasteiger partial charge in [-0.3, -0.25) is 4.90 Å². The van der Waals surface area contributed by atoms with Gasteiger partial charge in [-0.15, -0.1) is 22.9 Å². The highest BCUT2D eigenvalue weighted by Gasteiger charge is 2.23. The van der Waals surface area contributed by atoms with Crippen molar-refractivity contribution in [3.05, 3.63) is 16.1 Å². The van der Waals surface area contributed by atoms with Crippen LogP contribution in [0.3, 0.4) is 0 Å². The van der Waals surface area contributed by atoms with Crippen LogP contribution in [-0.4, -0.2) is 40.7 Å². The molecule has 5 heteroatoms. The summed E-state index contributed by atoms with van der Waals surface area (Å²) in [5.41, 5.74) is 0.974. The van der Waals surface area contributed by atoms with Crippen molar-refractivity contribution in [1.82, 2.24) is 9.88 Å². The fourth-order valence-corrected chi connectivity index (χ4v) is 3.18. The zero-order valence-corrected chi connectivity index (χ0v) is 10.8. The summed E-state index contributed by atoms with van der Waals surface area (Å²) in [6.07, 6.45) is 3.30. The van der Waals surface area contributed by atoms with E-state index in [2.05, 4.69) is 9.88 Å². The Morgan fingerprint density at radius 2 is 2.50 bits per heavy atom. The minimum atomic E-state index is 0.283. The van der Waals surface area contributed by atoms with E-state index in [-0.39, 0.29) is 6.61 Å². The van der Waals surface area contributed by atoms with Crippen LogP contribution in [0, 0.1) is 0 Å². The lowest BCUT2D eigenvalue weighted by Crippen LogP contribution is -2.33. The topological polar surface area (TPSA) is 36.4 Å². The Morgan fingerprint density at radius 3 is 3.19 bits per heavy atom. The summed E-state index contributed by atoms with van der Waals surface area (Å²) >= 11 is 7.40. The second-order valence-corrected chi connectivity index (χ2v) is 5.34. The quantitative estimate of drug-likeness (QED) is 0.822. The van der Waals surface area contributed by atoms with Gasteiger partial charge in [-0.25, -0.2) is 4.98 Å². The first-order chi connectivity index (χ1) is 7.83. The maximum Gasteiger partial charge on any atom is 0.0941 e. The van der Waals surface area contributed by atoms with Crippen molar-refractivity contribution in [3.63, 3.8) is 0 Å². The first-order valence-electron chi connectivity index (χ1n) is 5.67. The summed E-state index contributed by atoms with van der Waals surface area (Å²) in [6, 6.07) is 0.368. The molecule has 0 spiro atoms. The molecular weight excluding hydrogens is 244 g/mol. The molecule has 0 aromatic carbocycles. The number of likely N-dealkylation sites (tertiary alicyclic amines) is 1. The number of aromatic nitrogens is 1. The van der Waals surface area contributed by atoms with Gasteiger partial charge in [0.25, 0.3) is 0 Å². The van der Waals surface area contributed by atoms with Crippen LogP contribution in [0.4, 0.5) is 0 Å². The Bertz CT molecular complexity index is 332. The van der Waals surface area contributed by atoms with Crippen LogP contribution in [0.1, 0.15) is 23.5 Å². The number of halogens is 1. The Labute approximate surface area is 105 Å². The lowest BCUT2D eigenvalue weighted by Gasteiger charge is -2.21. The van der Waals surface area contributed by atoms with Crippen molar-refractivity contribution in [1.29, 1.82) is 0 Å². The van der Waals surface area contributed by atoms with Gasteiger partial charge in [0.2, 0.25) is 0 Å². The maximum absolute atomic E-state index is 9.20. The molecule has 90 valence electrons. The van der Waals surface area contributed by atoms with E-state index in [1.54, 1.807) is 11.3 Å². The van der Waals surface area contributed by atoms with E-state index >= 15 is 0 Å². The van der Waals surface area contributed by atoms with Gasteiger partial charge in [-0.2, -0.15) is 0 Å². The molecule has 16 heavy (non-hydrogen) atoms. The number of nitrogens with zero attached hydrogens (tertiary/aromatic N) is 2. The molecule has 1 aliphatic heterocycles. The van der Waals surface area contributed by atoms with Crippen molar-refractivity contribution in [2.45, 2.75) is 31.2 Å². The van der Waals surface area contributed by atoms with Crippen LogP contribution in [0.25, 0.3) is 0 Å². The number of aliphatic hydroxyl groups is 1. The highest BCUT2D eigenvalue weighted by atomic mass is 35.5. The molecule has 0 bridgehead atoms. The minimum Gasteiger partial charge on any atom is -0.395 e. The lowest BCUT2D eigenvalue weighted by molar-refractivity contribution is 0.160. The number of rotatable bonds is 5. The van der Waals surface area contributed by atoms with Crippen molar-refractivity contribution in [2.24, 2.45) is 0 Å². The van der Waals surface area contributed by atoms with Gasteiger partial charge in [0.1, 0.15) is 0 Å². The van der Waals surface area contributed by atoms with E-state index in [1.165, 1.54) is 6.42 Å². The van der Waals surface area contributed by atoms with Crippen molar-refractivity contribution in [2.75, 3.05) is 19.7 Å². The van der Waals surface area contributed by atoms with Gasteiger partial charge in [0.05, 0.1) is 23.2 Å². The van der Waals surface area contributed by atoms with E-state index in [1.807, 2.05) is 5.38 Å². The van der Waals surface area contributed by atoms with Gasteiger partial charge >= 0.3 is 0 Å². The molecule has 0 radical (unpaired) electrons. The van der Waals surface area contributed by atoms with Crippen LogP contribution in [0.15, 0.2) is 5.38 Å². The Kier molecular flexibility index (Phi) is 4.58. The molecule has 1 aromatic rings. The average molecular weight is 261 g/mol. The molecule has 2 rings (SSSR count). The average Bonchev–Trinajstić information content (AvgIpc) is 2.94. The third-order valence-corrected chi connectivity index (χ3v) is 4.29. The molecule has 1 aromatic heterocycles. The highest BCUT2D eigenvalue weighted by molar-refractivity contribution is 7.09. The first kappa shape index (κ1) is 12.3. The molecule has 2 heterocycles. The van der Waals surface area contributed by atoms with Gasteiger partial charge in [-0.1, -0.05) is 0 Å². The summed E-state index contributed by atoms with van der Waals surface area (Å²) in [4.78, 5) is 6.80. The third-order valence-electron chi connectivity index (χ3n) is 3.06. The van der Waals surface area contributed by atoms with Crippen molar-refractivity contribution in [3.8, 4) is 0 Å². The van der Waals surface area contributed by atoms with Crippen LogP contribution in [0.5, 0.6) is 0 Å². The molecule has 0 saturated carbocycles. The minimum absolute atomic E-state index is 0.283. The number of aliphatic hydroxyl groups excluding tert-OH is 1. The number of hydrogen-bond donors (Lipinski definition) is 1. The molecule has 1 aliphatic rings. The van der Waals surface area contributed by atoms with Gasteiger partial charge in [0, 0.05) is 24.4 Å². The summed E-state index contributed by atoms with van der Waals surface area (Å²) in [5, 5.41) is 12.4. The zero-order chi connectivity index (χ0) is 11.4. The third kappa shape index (κ3) is 2.94. The molecule has 1 atom stereocenters. The molecular formula is C11H17ClN2OS. The van der Waals surface area contributed by atoms with Crippen LogP contribution >= 0.6 is 22.9 Å². The van der Waals surface area contributed by atoms with E-state index < -0.39 is 0 Å². The largest absolute Gasteiger partial charge is 0.395 e. The molecule has 3 nitrogen and oxygen atoms in total. The SMILES string of the molecule is OCC1CCCN1CCc1nc(CCl)cs1. The molecule has 1 saturated heterocycles. The lowest BCUT2D eigenvalue weighted by atomic mass is 10.2. The van der Waals surface area contributed by atoms with Crippen LogP contribution < -0.4 is 0 Å². The molecule has 1 N–H and O–H groups in total. The second kappa shape index (κ2) is 5.96. The Morgan fingerprint density at radius 1 is 1.62 bits per heavy atom. The normalized spacial score (nSPS) is 21.8. The standard InChI is InChI=1S/C11H17ClN2OS/c12-6-9-8-16-11(13-9)3-5-14-4-1-2-10(14)7-15/h8,10,15H,1-7H2. The molecule has 0 amide bonds. The fourth-order valence-electron chi connectivity index (χ4n) is 2.16. The summed E-state index contributed by atoms with van der Waals surface area (Å²) < 4.78 is 0. The highest BCUT2D eigenvalue weighted by Crippen LogP contribution is 2.18. The summed E-state index contributed by atoms with van der Waals surface area (Å²) in [7, 11) is 0. The Balaban J connectivity index is 1.82. The van der Waals surface area contributed by atoms with Gasteiger partial charge in [-0.05, 0) is 19.4 Å². The summed E-state index contributed by atoms with van der Waals surface area (Å²) in [5.74, 6) is 0.499. The molecule has 1 unspecified atom stereocenters. The smallest absolute Gasteiger partial charge is 0.0941 e. The predicted molar refractivity (Wildman–Crippen MR) is 67.1 cm³/mol. The fraction of sp³-hybridized carbons (Fsp3) is 0.727. The van der Waals surface area contributed by atoms with Gasteiger partial charge in [0.15, 0.2) is 0 Å². The summed E-state index contributed by atoms with van der Waals surface area (Å²) in [6.45, 7) is 2.39. The van der Waals surface area contributed by atoms with Crippen LogP contribution in [-0.2, 0) is 12.3 Å². The number of alkyl halides is 1. The van der Waals surface area contributed by atoms with E-state index in [0.717, 1.165) is 36.6 Å².